The second-order valence-electron chi connectivity index (χ2n) is 9.79. The highest BCUT2D eigenvalue weighted by Gasteiger charge is 2.31. The van der Waals surface area contributed by atoms with Crippen molar-refractivity contribution in [1.82, 2.24) is 25.1 Å². The first kappa shape index (κ1) is 21.5. The number of piperidine rings is 1. The normalized spacial score (nSPS) is 17.8. The number of halogens is 1. The van der Waals surface area contributed by atoms with E-state index in [9.17, 15) is 9.18 Å². The lowest BCUT2D eigenvalue weighted by Gasteiger charge is -2.41. The number of ether oxygens (including phenoxy) is 1. The number of anilines is 1. The fraction of sp³-hybridized carbons (Fsp3) is 0.296. The van der Waals surface area contributed by atoms with E-state index in [0.717, 1.165) is 55.4 Å². The van der Waals surface area contributed by atoms with E-state index in [2.05, 4.69) is 37.2 Å². The van der Waals surface area contributed by atoms with Gasteiger partial charge in [0.25, 0.3) is 5.56 Å². The van der Waals surface area contributed by atoms with Crippen molar-refractivity contribution in [3.8, 4) is 11.1 Å². The third-order valence-corrected chi connectivity index (χ3v) is 7.89. The van der Waals surface area contributed by atoms with Crippen LogP contribution in [0.4, 0.5) is 10.1 Å². The Balaban J connectivity index is 1.46. The molecule has 0 spiro atoms. The molecule has 0 atom stereocenters. The largest absolute Gasteiger partial charge is 0.394 e. The Kier molecular flexibility index (Phi) is 4.83. The quantitative estimate of drug-likeness (QED) is 0.335. The van der Waals surface area contributed by atoms with Crippen molar-refractivity contribution in [3.63, 3.8) is 0 Å². The molecule has 5 aromatic rings. The molecule has 5 heterocycles. The highest BCUT2D eigenvalue weighted by molar-refractivity contribution is 6.14. The van der Waals surface area contributed by atoms with Gasteiger partial charge in [-0.1, -0.05) is 12.1 Å². The summed E-state index contributed by atoms with van der Waals surface area (Å²) < 4.78 is 19.8. The van der Waals surface area contributed by atoms with Crippen molar-refractivity contribution in [2.75, 3.05) is 32.0 Å². The standard InChI is InChI=1S/C27H25FN6O2/c28-21-4-3-16(20-11-31-33-24(20)21)22-19-10-18(14-5-8-34(9-6-14)15-12-36-13-15)17-2-1-7-30-25(17)26(19)32-27(35)23(22)29/h1-4,7,10-11,14-15H,5-6,8-9,12-13,29H2,(H,31,33)(H,32,35). The van der Waals surface area contributed by atoms with Gasteiger partial charge < -0.3 is 15.5 Å². The third kappa shape index (κ3) is 3.16. The van der Waals surface area contributed by atoms with E-state index >= 15 is 0 Å². The molecule has 0 aliphatic carbocycles. The number of likely N-dealkylation sites (tertiary alicyclic amines) is 1. The average Bonchev–Trinajstić information content (AvgIpc) is 3.36. The predicted octanol–water partition coefficient (Wildman–Crippen LogP) is 3.92. The van der Waals surface area contributed by atoms with E-state index in [1.807, 2.05) is 6.07 Å². The van der Waals surface area contributed by atoms with Crippen LogP contribution in [0.1, 0.15) is 24.3 Å². The van der Waals surface area contributed by atoms with Gasteiger partial charge in [0.05, 0.1) is 36.5 Å². The lowest BCUT2D eigenvalue weighted by atomic mass is 9.84. The molecular formula is C27H25FN6O2. The first-order valence-corrected chi connectivity index (χ1v) is 12.3. The summed E-state index contributed by atoms with van der Waals surface area (Å²) in [5.41, 5.74) is 10.2. The van der Waals surface area contributed by atoms with Crippen LogP contribution in [0.25, 0.3) is 43.8 Å². The molecule has 36 heavy (non-hydrogen) atoms. The van der Waals surface area contributed by atoms with E-state index in [-0.39, 0.29) is 11.2 Å². The second-order valence-corrected chi connectivity index (χ2v) is 9.79. The maximum atomic E-state index is 14.5. The number of hydrogen-bond acceptors (Lipinski definition) is 6. The molecule has 4 N–H and O–H groups in total. The molecule has 3 aromatic heterocycles. The fourth-order valence-corrected chi connectivity index (χ4v) is 5.89. The van der Waals surface area contributed by atoms with Crippen LogP contribution in [-0.2, 0) is 4.74 Å². The minimum absolute atomic E-state index is 0.0950. The van der Waals surface area contributed by atoms with Crippen LogP contribution in [0.15, 0.2) is 47.5 Å². The zero-order valence-corrected chi connectivity index (χ0v) is 19.6. The van der Waals surface area contributed by atoms with Crippen molar-refractivity contribution in [3.05, 3.63) is 64.5 Å². The van der Waals surface area contributed by atoms with Crippen LogP contribution in [0.3, 0.4) is 0 Å². The van der Waals surface area contributed by atoms with E-state index in [1.165, 1.54) is 11.6 Å². The van der Waals surface area contributed by atoms with Gasteiger partial charge in [-0.2, -0.15) is 5.10 Å². The van der Waals surface area contributed by atoms with Crippen molar-refractivity contribution >= 4 is 38.4 Å². The van der Waals surface area contributed by atoms with Crippen LogP contribution in [0.2, 0.25) is 0 Å². The molecular weight excluding hydrogens is 459 g/mol. The molecule has 9 heteroatoms. The summed E-state index contributed by atoms with van der Waals surface area (Å²) in [4.78, 5) is 23.2. The van der Waals surface area contributed by atoms with Crippen LogP contribution in [0.5, 0.6) is 0 Å². The van der Waals surface area contributed by atoms with Gasteiger partial charge in [-0.05, 0) is 61.2 Å². The molecule has 2 aliphatic heterocycles. The highest BCUT2D eigenvalue weighted by atomic mass is 19.1. The van der Waals surface area contributed by atoms with Gasteiger partial charge in [0.15, 0.2) is 0 Å². The summed E-state index contributed by atoms with van der Waals surface area (Å²) in [6.45, 7) is 3.69. The van der Waals surface area contributed by atoms with Crippen molar-refractivity contribution in [2.45, 2.75) is 24.8 Å². The molecule has 2 saturated heterocycles. The van der Waals surface area contributed by atoms with Gasteiger partial charge >= 0.3 is 0 Å². The number of pyridine rings is 2. The Morgan fingerprint density at radius 3 is 2.69 bits per heavy atom. The monoisotopic (exact) mass is 484 g/mol. The lowest BCUT2D eigenvalue weighted by molar-refractivity contribution is -0.0712. The molecule has 0 unspecified atom stereocenters. The van der Waals surface area contributed by atoms with Crippen LogP contribution >= 0.6 is 0 Å². The highest BCUT2D eigenvalue weighted by Crippen LogP contribution is 2.42. The van der Waals surface area contributed by atoms with Crippen molar-refractivity contribution in [2.24, 2.45) is 0 Å². The number of H-pyrrole nitrogens is 2. The summed E-state index contributed by atoms with van der Waals surface area (Å²) in [6.07, 6.45) is 5.37. The second kappa shape index (κ2) is 8.11. The number of rotatable bonds is 3. The van der Waals surface area contributed by atoms with Gasteiger partial charge in [0.2, 0.25) is 0 Å². The molecule has 0 bridgehead atoms. The summed E-state index contributed by atoms with van der Waals surface area (Å²) in [5.74, 6) is -0.0584. The third-order valence-electron chi connectivity index (χ3n) is 7.89. The SMILES string of the molecule is Nc1c(-c2ccc(F)c3[nH]ncc23)c2cc(C3CCN(C4COC4)CC3)c3cccnc3c2[nH]c1=O. The Hall–Kier alpha value is -3.82. The van der Waals surface area contributed by atoms with E-state index in [0.29, 0.717) is 34.0 Å². The zero-order chi connectivity index (χ0) is 24.4. The number of fused-ring (bicyclic) bond motifs is 4. The molecule has 0 amide bonds. The predicted molar refractivity (Wildman–Crippen MR) is 137 cm³/mol. The number of nitrogens with one attached hydrogen (secondary N) is 2. The average molecular weight is 485 g/mol. The molecule has 0 radical (unpaired) electrons. The van der Waals surface area contributed by atoms with Crippen molar-refractivity contribution < 1.29 is 9.13 Å². The summed E-state index contributed by atoms with van der Waals surface area (Å²) in [7, 11) is 0. The smallest absolute Gasteiger partial charge is 0.272 e. The molecule has 8 nitrogen and oxygen atoms in total. The number of aromatic nitrogens is 4. The van der Waals surface area contributed by atoms with E-state index in [1.54, 1.807) is 18.5 Å². The Morgan fingerprint density at radius 1 is 1.08 bits per heavy atom. The Labute approximate surface area is 205 Å². The number of hydrogen-bond donors (Lipinski definition) is 3. The van der Waals surface area contributed by atoms with Gasteiger partial charge in [0, 0.05) is 27.9 Å². The lowest BCUT2D eigenvalue weighted by Crippen LogP contribution is -2.51. The van der Waals surface area contributed by atoms with E-state index in [4.69, 9.17) is 10.5 Å². The van der Waals surface area contributed by atoms with Crippen LogP contribution < -0.4 is 11.3 Å². The van der Waals surface area contributed by atoms with Crippen molar-refractivity contribution in [1.29, 1.82) is 0 Å². The topological polar surface area (TPSA) is 113 Å². The Morgan fingerprint density at radius 2 is 1.92 bits per heavy atom. The van der Waals surface area contributed by atoms with Gasteiger partial charge in [0.1, 0.15) is 17.0 Å². The fourth-order valence-electron chi connectivity index (χ4n) is 5.89. The first-order chi connectivity index (χ1) is 17.6. The number of nitrogens with two attached hydrogens (primary N) is 1. The number of aromatic amines is 2. The number of benzene rings is 2. The van der Waals surface area contributed by atoms with Gasteiger partial charge in [-0.15, -0.1) is 0 Å². The molecule has 7 rings (SSSR count). The van der Waals surface area contributed by atoms with Crippen LogP contribution in [0, 0.1) is 5.82 Å². The molecule has 0 saturated carbocycles. The summed E-state index contributed by atoms with van der Waals surface area (Å²) in [5, 5.41) is 9.17. The van der Waals surface area contributed by atoms with Gasteiger partial charge in [-0.25, -0.2) is 4.39 Å². The minimum Gasteiger partial charge on any atom is -0.394 e. The summed E-state index contributed by atoms with van der Waals surface area (Å²) in [6, 6.07) is 9.74. The number of nitrogens with zero attached hydrogens (tertiary/aromatic N) is 3. The summed E-state index contributed by atoms with van der Waals surface area (Å²) >= 11 is 0. The maximum Gasteiger partial charge on any atom is 0.272 e. The van der Waals surface area contributed by atoms with Crippen LogP contribution in [-0.4, -0.2) is 57.4 Å². The van der Waals surface area contributed by atoms with Gasteiger partial charge in [-0.3, -0.25) is 19.8 Å². The molecule has 2 aromatic carbocycles. The number of nitrogen functional groups attached to an aromatic ring is 1. The maximum absolute atomic E-state index is 14.5. The minimum atomic E-state index is -0.407. The zero-order valence-electron chi connectivity index (χ0n) is 19.6. The molecule has 182 valence electrons. The Bertz CT molecular complexity index is 1700. The first-order valence-electron chi connectivity index (χ1n) is 12.3. The van der Waals surface area contributed by atoms with E-state index < -0.39 is 11.4 Å². The molecule has 2 fully saturated rings. The molecule has 2 aliphatic rings.